The molecule has 0 aliphatic heterocycles. The Hall–Kier alpha value is -3.12. The average molecular weight is 474 g/mol. The van der Waals surface area contributed by atoms with Crippen LogP contribution in [0.2, 0.25) is 0 Å². The molecule has 2 aromatic rings. The number of sulfonamides is 1. The minimum atomic E-state index is -4.72. The van der Waals surface area contributed by atoms with E-state index in [1.807, 2.05) is 4.72 Å². The van der Waals surface area contributed by atoms with E-state index in [1.165, 1.54) is 19.1 Å². The maximum absolute atomic E-state index is 12.8. The van der Waals surface area contributed by atoms with Crippen molar-refractivity contribution in [2.45, 2.75) is 17.6 Å². The number of alkyl halides is 3. The summed E-state index contributed by atoms with van der Waals surface area (Å²) >= 11 is 0. The number of esters is 1. The van der Waals surface area contributed by atoms with Crippen LogP contribution in [0.3, 0.4) is 0 Å². The summed E-state index contributed by atoms with van der Waals surface area (Å²) in [4.78, 5) is 24.5. The summed E-state index contributed by atoms with van der Waals surface area (Å²) in [6, 6.07) is 10.0. The highest BCUT2D eigenvalue weighted by atomic mass is 32.2. The smallest absolute Gasteiger partial charge is 0.416 e. The molecule has 0 fully saturated rings. The molecule has 0 aliphatic rings. The number of rotatable bonds is 9. The van der Waals surface area contributed by atoms with Gasteiger partial charge in [-0.25, -0.2) is 8.42 Å². The number of carbonyl (C=O) groups is 2. The Kier molecular flexibility index (Phi) is 8.22. The van der Waals surface area contributed by atoms with E-state index in [9.17, 15) is 31.2 Å². The Morgan fingerprint density at radius 3 is 2.34 bits per heavy atom. The summed E-state index contributed by atoms with van der Waals surface area (Å²) in [6.07, 6.45) is -4.72. The molecular formula is C20H21F3N2O6S. The van der Waals surface area contributed by atoms with E-state index in [-0.39, 0.29) is 6.54 Å². The molecule has 12 heteroatoms. The molecule has 32 heavy (non-hydrogen) atoms. The van der Waals surface area contributed by atoms with Gasteiger partial charge in [0.2, 0.25) is 10.0 Å². The van der Waals surface area contributed by atoms with E-state index < -0.39 is 51.7 Å². The quantitative estimate of drug-likeness (QED) is 0.559. The topological polar surface area (TPSA) is 102 Å². The second-order valence-corrected chi connectivity index (χ2v) is 8.38. The van der Waals surface area contributed by atoms with Crippen LogP contribution in [0.15, 0.2) is 53.4 Å². The number of halogens is 3. The maximum Gasteiger partial charge on any atom is 0.416 e. The molecule has 0 spiro atoms. The number of methoxy groups -OCH3 is 1. The highest BCUT2D eigenvalue weighted by Gasteiger charge is 2.31. The second kappa shape index (κ2) is 10.5. The van der Waals surface area contributed by atoms with Gasteiger partial charge < -0.3 is 14.4 Å². The number of hydrogen-bond donors (Lipinski definition) is 1. The summed E-state index contributed by atoms with van der Waals surface area (Å²) in [6.45, 7) is -1.24. The van der Waals surface area contributed by atoms with Crippen molar-refractivity contribution in [1.82, 2.24) is 9.62 Å². The first-order chi connectivity index (χ1) is 14.9. The van der Waals surface area contributed by atoms with Crippen LogP contribution < -0.4 is 9.46 Å². The van der Waals surface area contributed by atoms with E-state index in [0.29, 0.717) is 11.8 Å². The Morgan fingerprint density at radius 2 is 1.75 bits per heavy atom. The monoisotopic (exact) mass is 474 g/mol. The van der Waals surface area contributed by atoms with Crippen molar-refractivity contribution < 1.29 is 40.7 Å². The van der Waals surface area contributed by atoms with Crippen molar-refractivity contribution in [3.63, 3.8) is 0 Å². The maximum atomic E-state index is 12.8. The average Bonchev–Trinajstić information content (AvgIpc) is 2.76. The summed E-state index contributed by atoms with van der Waals surface area (Å²) in [5, 5.41) is 0. The van der Waals surface area contributed by atoms with Gasteiger partial charge in [-0.05, 0) is 35.9 Å². The number of carbonyl (C=O) groups excluding carboxylic acids is 2. The van der Waals surface area contributed by atoms with Gasteiger partial charge in [-0.1, -0.05) is 18.2 Å². The lowest BCUT2D eigenvalue weighted by molar-refractivity contribution is -0.150. The Morgan fingerprint density at radius 1 is 1.09 bits per heavy atom. The van der Waals surface area contributed by atoms with Gasteiger partial charge in [-0.15, -0.1) is 0 Å². The first kappa shape index (κ1) is 25.1. The number of hydrogen-bond acceptors (Lipinski definition) is 6. The first-order valence-electron chi connectivity index (χ1n) is 9.12. The number of nitrogens with one attached hydrogen (secondary N) is 1. The van der Waals surface area contributed by atoms with Gasteiger partial charge in [-0.3, -0.25) is 9.59 Å². The summed E-state index contributed by atoms with van der Waals surface area (Å²) in [7, 11) is -1.37. The molecule has 0 saturated carbocycles. The summed E-state index contributed by atoms with van der Waals surface area (Å²) in [5.74, 6) is -0.939. The van der Waals surface area contributed by atoms with Gasteiger partial charge in [0.25, 0.3) is 5.91 Å². The zero-order valence-electron chi connectivity index (χ0n) is 17.2. The molecular weight excluding hydrogens is 453 g/mol. The Bertz CT molecular complexity index is 1060. The fourth-order valence-corrected chi connectivity index (χ4v) is 3.49. The lowest BCUT2D eigenvalue weighted by Crippen LogP contribution is -2.34. The number of benzene rings is 2. The fraction of sp³-hybridized carbons (Fsp3) is 0.300. The van der Waals surface area contributed by atoms with Gasteiger partial charge >= 0.3 is 12.1 Å². The molecule has 0 aromatic heterocycles. The number of nitrogens with zero attached hydrogens (tertiary/aromatic N) is 1. The lowest BCUT2D eigenvalue weighted by atomic mass is 10.2. The minimum absolute atomic E-state index is 0.239. The molecule has 1 N–H and O–H groups in total. The standard InChI is InChI=1S/C20H21F3N2O6S/c1-25(12-14-6-8-16(30-2)9-7-14)18(26)13-31-19(27)11-24-32(28,29)17-5-3-4-15(10-17)20(21,22)23/h3-10,24H,11-13H2,1-2H3. The summed E-state index contributed by atoms with van der Waals surface area (Å²) < 4.78 is 74.2. The third kappa shape index (κ3) is 7.24. The predicted octanol–water partition coefficient (Wildman–Crippen LogP) is 2.19. The molecule has 8 nitrogen and oxygen atoms in total. The van der Waals surface area contributed by atoms with Crippen LogP contribution in [0.4, 0.5) is 13.2 Å². The van der Waals surface area contributed by atoms with Crippen molar-refractivity contribution in [1.29, 1.82) is 0 Å². The highest BCUT2D eigenvalue weighted by molar-refractivity contribution is 7.89. The molecule has 0 unspecified atom stereocenters. The van der Waals surface area contributed by atoms with Crippen LogP contribution in [0, 0.1) is 0 Å². The van der Waals surface area contributed by atoms with E-state index in [1.54, 1.807) is 24.3 Å². The minimum Gasteiger partial charge on any atom is -0.497 e. The zero-order valence-corrected chi connectivity index (χ0v) is 18.0. The third-order valence-corrected chi connectivity index (χ3v) is 5.64. The van der Waals surface area contributed by atoms with Gasteiger partial charge in [0.05, 0.1) is 17.6 Å². The normalized spacial score (nSPS) is 11.7. The Labute approximate surface area is 183 Å². The van der Waals surface area contributed by atoms with E-state index >= 15 is 0 Å². The molecule has 0 radical (unpaired) electrons. The van der Waals surface area contributed by atoms with Crippen LogP contribution in [0.1, 0.15) is 11.1 Å². The molecule has 1 amide bonds. The van der Waals surface area contributed by atoms with Crippen molar-refractivity contribution in [2.75, 3.05) is 27.3 Å². The molecule has 0 bridgehead atoms. The van der Waals surface area contributed by atoms with Crippen LogP contribution in [-0.2, 0) is 37.1 Å². The van der Waals surface area contributed by atoms with E-state index in [4.69, 9.17) is 9.47 Å². The van der Waals surface area contributed by atoms with Crippen molar-refractivity contribution >= 4 is 21.9 Å². The zero-order chi connectivity index (χ0) is 23.9. The van der Waals surface area contributed by atoms with Crippen LogP contribution in [0.5, 0.6) is 5.75 Å². The van der Waals surface area contributed by atoms with Gasteiger partial charge in [0.1, 0.15) is 12.3 Å². The van der Waals surface area contributed by atoms with Crippen LogP contribution in [0.25, 0.3) is 0 Å². The lowest BCUT2D eigenvalue weighted by Gasteiger charge is -2.17. The number of amides is 1. The molecule has 0 atom stereocenters. The van der Waals surface area contributed by atoms with E-state index in [2.05, 4.69) is 0 Å². The third-order valence-electron chi connectivity index (χ3n) is 4.24. The Balaban J connectivity index is 1.85. The van der Waals surface area contributed by atoms with E-state index in [0.717, 1.165) is 23.8 Å². The predicted molar refractivity (Wildman–Crippen MR) is 107 cm³/mol. The number of ether oxygens (including phenoxy) is 2. The first-order valence-corrected chi connectivity index (χ1v) is 10.6. The van der Waals surface area contributed by atoms with Crippen molar-refractivity contribution in [3.8, 4) is 5.75 Å². The highest BCUT2D eigenvalue weighted by Crippen LogP contribution is 2.30. The van der Waals surface area contributed by atoms with Crippen molar-refractivity contribution in [2.24, 2.45) is 0 Å². The SMILES string of the molecule is COc1ccc(CN(C)C(=O)COC(=O)CNS(=O)(=O)c2cccc(C(F)(F)F)c2)cc1. The van der Waals surface area contributed by atoms with Gasteiger partial charge in [0.15, 0.2) is 6.61 Å². The molecule has 174 valence electrons. The van der Waals surface area contributed by atoms with Gasteiger partial charge in [0, 0.05) is 13.6 Å². The van der Waals surface area contributed by atoms with Gasteiger partial charge in [-0.2, -0.15) is 17.9 Å². The van der Waals surface area contributed by atoms with Crippen LogP contribution in [-0.4, -0.2) is 52.5 Å². The molecule has 2 rings (SSSR count). The second-order valence-electron chi connectivity index (χ2n) is 6.61. The fourth-order valence-electron chi connectivity index (χ4n) is 2.47. The molecule has 0 heterocycles. The molecule has 2 aromatic carbocycles. The number of likely N-dealkylation sites (N-methyl/N-ethyl adjacent to an activating group) is 1. The largest absolute Gasteiger partial charge is 0.497 e. The summed E-state index contributed by atoms with van der Waals surface area (Å²) in [5.41, 5.74) is -0.338. The van der Waals surface area contributed by atoms with Crippen LogP contribution >= 0.6 is 0 Å². The molecule has 0 saturated heterocycles. The molecule has 0 aliphatic carbocycles. The van der Waals surface area contributed by atoms with Crippen molar-refractivity contribution in [3.05, 3.63) is 59.7 Å².